The molecule has 82 valence electrons. The molecule has 1 saturated heterocycles. The lowest BCUT2D eigenvalue weighted by Gasteiger charge is -2.28. The van der Waals surface area contributed by atoms with E-state index in [0.717, 1.165) is 0 Å². The zero-order valence-electron chi connectivity index (χ0n) is 9.47. The van der Waals surface area contributed by atoms with Crippen LogP contribution in [0, 0.1) is 11.8 Å². The van der Waals surface area contributed by atoms with Crippen molar-refractivity contribution >= 4 is 20.5 Å². The van der Waals surface area contributed by atoms with Gasteiger partial charge in [-0.05, 0) is 12.8 Å². The lowest BCUT2D eigenvalue weighted by atomic mass is 9.69. The van der Waals surface area contributed by atoms with Crippen LogP contribution in [0.2, 0.25) is 5.82 Å². The minimum atomic E-state index is -0.0232. The fraction of sp³-hybridized carbons (Fsp3) is 1.00. The highest BCUT2D eigenvalue weighted by Gasteiger charge is 2.44. The van der Waals surface area contributed by atoms with Crippen molar-refractivity contribution in [2.45, 2.75) is 44.0 Å². The predicted octanol–water partition coefficient (Wildman–Crippen LogP) is 0.758. The van der Waals surface area contributed by atoms with E-state index in [9.17, 15) is 5.11 Å². The standard InChI is InChI=1S/C10H21BO2S/c1-5(11)9-6(2)13-8(4-12)10(9)7(3)14/h5-10,12,14H,4,11H2,1-3H3. The van der Waals surface area contributed by atoms with Crippen molar-refractivity contribution in [2.75, 3.05) is 6.61 Å². The largest absolute Gasteiger partial charge is 0.394 e. The lowest BCUT2D eigenvalue weighted by Crippen LogP contribution is -2.32. The average Bonchev–Trinajstić information content (AvgIpc) is 2.41. The summed E-state index contributed by atoms with van der Waals surface area (Å²) in [5.41, 5.74) is 0. The molecule has 1 fully saturated rings. The SMILES string of the molecule is BC(C)C1C(C)OC(CO)C1C(C)S. The van der Waals surface area contributed by atoms with E-state index >= 15 is 0 Å². The zero-order chi connectivity index (χ0) is 10.9. The summed E-state index contributed by atoms with van der Waals surface area (Å²) in [5, 5.41) is 9.53. The Kier molecular flexibility index (Phi) is 4.35. The molecule has 0 aromatic carbocycles. The van der Waals surface area contributed by atoms with Gasteiger partial charge >= 0.3 is 0 Å². The summed E-state index contributed by atoms with van der Waals surface area (Å²) in [4.78, 5) is 0. The van der Waals surface area contributed by atoms with Crippen molar-refractivity contribution in [2.24, 2.45) is 11.8 Å². The Bertz CT molecular complexity index is 187. The minimum absolute atomic E-state index is 0.0232. The molecule has 1 heterocycles. The Morgan fingerprint density at radius 3 is 2.36 bits per heavy atom. The second-order valence-electron chi connectivity index (χ2n) is 4.70. The van der Waals surface area contributed by atoms with Crippen molar-refractivity contribution in [3.8, 4) is 0 Å². The topological polar surface area (TPSA) is 29.5 Å². The number of aliphatic hydroxyl groups is 1. The third-order valence-electron chi connectivity index (χ3n) is 3.31. The molecular weight excluding hydrogens is 195 g/mol. The normalized spacial score (nSPS) is 42.4. The zero-order valence-corrected chi connectivity index (χ0v) is 10.4. The predicted molar refractivity (Wildman–Crippen MR) is 64.8 cm³/mol. The molecule has 14 heavy (non-hydrogen) atoms. The van der Waals surface area contributed by atoms with Crippen LogP contribution in [-0.2, 0) is 4.74 Å². The van der Waals surface area contributed by atoms with E-state index in [2.05, 4.69) is 41.2 Å². The molecule has 6 atom stereocenters. The molecule has 0 saturated carbocycles. The van der Waals surface area contributed by atoms with Crippen molar-refractivity contribution in [1.82, 2.24) is 0 Å². The summed E-state index contributed by atoms with van der Waals surface area (Å²) in [7, 11) is 2.22. The maximum atomic E-state index is 9.24. The number of thiol groups is 1. The van der Waals surface area contributed by atoms with Crippen LogP contribution in [0.15, 0.2) is 0 Å². The van der Waals surface area contributed by atoms with Gasteiger partial charge in [-0.2, -0.15) is 12.6 Å². The second kappa shape index (κ2) is 4.91. The number of ether oxygens (including phenoxy) is 1. The maximum absolute atomic E-state index is 9.24. The molecule has 1 N–H and O–H groups in total. The monoisotopic (exact) mass is 216 g/mol. The van der Waals surface area contributed by atoms with Crippen molar-refractivity contribution in [3.63, 3.8) is 0 Å². The highest BCUT2D eigenvalue weighted by atomic mass is 32.1. The number of rotatable bonds is 3. The summed E-state index contributed by atoms with van der Waals surface area (Å²) >= 11 is 4.51. The summed E-state index contributed by atoms with van der Waals surface area (Å²) in [6.07, 6.45) is 0.219. The van der Waals surface area contributed by atoms with E-state index in [1.54, 1.807) is 0 Å². The van der Waals surface area contributed by atoms with Crippen molar-refractivity contribution < 1.29 is 9.84 Å². The Labute approximate surface area is 93.2 Å². The summed E-state index contributed by atoms with van der Waals surface area (Å²) in [6, 6.07) is 0. The number of hydrogen-bond acceptors (Lipinski definition) is 3. The molecule has 0 bridgehead atoms. The van der Waals surface area contributed by atoms with Gasteiger partial charge < -0.3 is 9.84 Å². The van der Waals surface area contributed by atoms with Crippen LogP contribution >= 0.6 is 12.6 Å². The van der Waals surface area contributed by atoms with E-state index in [1.807, 2.05) is 0 Å². The van der Waals surface area contributed by atoms with Crippen molar-refractivity contribution in [1.29, 1.82) is 0 Å². The van der Waals surface area contributed by atoms with Crippen molar-refractivity contribution in [3.05, 3.63) is 0 Å². The van der Waals surface area contributed by atoms with E-state index in [1.165, 1.54) is 0 Å². The van der Waals surface area contributed by atoms with Gasteiger partial charge in [0, 0.05) is 11.2 Å². The fourth-order valence-electron chi connectivity index (χ4n) is 2.80. The van der Waals surface area contributed by atoms with E-state index in [-0.39, 0.29) is 24.1 Å². The highest BCUT2D eigenvalue weighted by molar-refractivity contribution is 7.80. The average molecular weight is 216 g/mol. The van der Waals surface area contributed by atoms with Crippen LogP contribution < -0.4 is 0 Å². The molecule has 0 aromatic rings. The van der Waals surface area contributed by atoms with Gasteiger partial charge in [-0.1, -0.05) is 19.7 Å². The molecule has 0 amide bonds. The van der Waals surface area contributed by atoms with Crippen LogP contribution in [0.4, 0.5) is 0 Å². The molecule has 6 unspecified atom stereocenters. The third-order valence-corrected chi connectivity index (χ3v) is 3.66. The Morgan fingerprint density at radius 2 is 2.00 bits per heavy atom. The Hall–Kier alpha value is 0.335. The van der Waals surface area contributed by atoms with Crippen LogP contribution in [0.25, 0.3) is 0 Å². The molecule has 0 aromatic heterocycles. The molecule has 0 aliphatic carbocycles. The van der Waals surface area contributed by atoms with Crippen LogP contribution in [0.5, 0.6) is 0 Å². The molecule has 4 heteroatoms. The minimum Gasteiger partial charge on any atom is -0.394 e. The first-order chi connectivity index (χ1) is 6.49. The molecule has 1 rings (SSSR count). The van der Waals surface area contributed by atoms with Gasteiger partial charge in [0.15, 0.2) is 0 Å². The van der Waals surface area contributed by atoms with Gasteiger partial charge in [0.2, 0.25) is 0 Å². The quantitative estimate of drug-likeness (QED) is 0.538. The van der Waals surface area contributed by atoms with Gasteiger partial charge in [-0.3, -0.25) is 0 Å². The van der Waals surface area contributed by atoms with Gasteiger partial charge in [0.25, 0.3) is 0 Å². The van der Waals surface area contributed by atoms with Crippen LogP contribution in [-0.4, -0.2) is 37.0 Å². The second-order valence-corrected chi connectivity index (χ2v) is 5.52. The van der Waals surface area contributed by atoms with Gasteiger partial charge in [-0.25, -0.2) is 0 Å². The van der Waals surface area contributed by atoms with Gasteiger partial charge in [-0.15, -0.1) is 0 Å². The lowest BCUT2D eigenvalue weighted by molar-refractivity contribution is 0.00458. The van der Waals surface area contributed by atoms with E-state index in [4.69, 9.17) is 4.74 Å². The van der Waals surface area contributed by atoms with E-state index in [0.29, 0.717) is 17.7 Å². The number of hydrogen-bond donors (Lipinski definition) is 2. The summed E-state index contributed by atoms with van der Waals surface area (Å²) < 4.78 is 5.76. The molecular formula is C10H21BO2S. The first-order valence-corrected chi connectivity index (χ1v) is 5.95. The van der Waals surface area contributed by atoms with Gasteiger partial charge in [0.1, 0.15) is 7.85 Å². The molecule has 0 radical (unpaired) electrons. The Morgan fingerprint density at radius 1 is 1.43 bits per heavy atom. The summed E-state index contributed by atoms with van der Waals surface area (Å²) in [6.45, 7) is 6.52. The van der Waals surface area contributed by atoms with Gasteiger partial charge in [0.05, 0.1) is 18.8 Å². The third kappa shape index (κ3) is 2.29. The first kappa shape index (κ1) is 12.4. The van der Waals surface area contributed by atoms with Crippen LogP contribution in [0.1, 0.15) is 20.8 Å². The first-order valence-electron chi connectivity index (χ1n) is 5.43. The van der Waals surface area contributed by atoms with Crippen LogP contribution in [0.3, 0.4) is 0 Å². The smallest absolute Gasteiger partial charge is 0.105 e. The summed E-state index contributed by atoms with van der Waals surface area (Å²) in [5.74, 6) is 1.47. The number of aliphatic hydroxyl groups excluding tert-OH is 1. The fourth-order valence-corrected chi connectivity index (χ4v) is 3.19. The highest BCUT2D eigenvalue weighted by Crippen LogP contribution is 2.41. The molecule has 1 aliphatic heterocycles. The molecule has 2 nitrogen and oxygen atoms in total. The maximum Gasteiger partial charge on any atom is 0.105 e. The van der Waals surface area contributed by atoms with E-state index < -0.39 is 0 Å². The Balaban J connectivity index is 2.80. The molecule has 0 spiro atoms. The molecule has 1 aliphatic rings.